The number of aromatic carboxylic acids is 1. The zero-order chi connectivity index (χ0) is 14.8. The van der Waals surface area contributed by atoms with Gasteiger partial charge in [-0.25, -0.2) is 22.9 Å². The van der Waals surface area contributed by atoms with Crippen LogP contribution < -0.4 is 4.72 Å². The summed E-state index contributed by atoms with van der Waals surface area (Å²) in [5, 5.41) is 8.71. The number of halogens is 1. The number of nitrogens with one attached hydrogen (secondary N) is 1. The number of thiophene rings is 1. The molecule has 0 aliphatic carbocycles. The molecule has 0 spiro atoms. The van der Waals surface area contributed by atoms with Gasteiger partial charge in [0, 0.05) is 19.3 Å². The summed E-state index contributed by atoms with van der Waals surface area (Å²) in [6, 6.07) is 3.17. The fourth-order valence-corrected chi connectivity index (χ4v) is 4.49. The molecule has 2 rings (SSSR count). The molecule has 0 saturated carbocycles. The Kier molecular flexibility index (Phi) is 4.58. The van der Waals surface area contributed by atoms with Gasteiger partial charge in [0.1, 0.15) is 4.21 Å². The molecule has 0 unspecified atom stereocenters. The zero-order valence-electron chi connectivity index (χ0n) is 9.98. The summed E-state index contributed by atoms with van der Waals surface area (Å²) >= 11 is 4.32. The predicted molar refractivity (Wildman–Crippen MR) is 76.4 cm³/mol. The monoisotopic (exact) mass is 379 g/mol. The Bertz CT molecular complexity index is 722. The van der Waals surface area contributed by atoms with Crippen LogP contribution in [0.5, 0.6) is 0 Å². The average molecular weight is 380 g/mol. The van der Waals surface area contributed by atoms with Crippen LogP contribution in [0.3, 0.4) is 0 Å². The molecule has 10 heteroatoms. The van der Waals surface area contributed by atoms with Crippen LogP contribution in [-0.2, 0) is 16.6 Å². The lowest BCUT2D eigenvalue weighted by Gasteiger charge is -2.05. The maximum Gasteiger partial charge on any atom is 0.356 e. The molecule has 20 heavy (non-hydrogen) atoms. The summed E-state index contributed by atoms with van der Waals surface area (Å²) in [6.45, 7) is 0.444. The molecule has 0 amide bonds. The number of aromatic nitrogens is 2. The first kappa shape index (κ1) is 15.2. The molecule has 2 heterocycles. The summed E-state index contributed by atoms with van der Waals surface area (Å²) in [5.41, 5.74) is -0.0740. The number of sulfonamides is 1. The van der Waals surface area contributed by atoms with E-state index in [1.54, 1.807) is 6.07 Å². The van der Waals surface area contributed by atoms with E-state index < -0.39 is 16.0 Å². The Hall–Kier alpha value is -1.23. The van der Waals surface area contributed by atoms with Gasteiger partial charge < -0.3 is 9.67 Å². The zero-order valence-corrected chi connectivity index (χ0v) is 13.2. The number of imidazole rings is 1. The van der Waals surface area contributed by atoms with Crippen molar-refractivity contribution < 1.29 is 18.3 Å². The highest BCUT2D eigenvalue weighted by atomic mass is 79.9. The van der Waals surface area contributed by atoms with Crippen LogP contribution in [-0.4, -0.2) is 35.6 Å². The highest BCUT2D eigenvalue weighted by Crippen LogP contribution is 2.25. The van der Waals surface area contributed by atoms with E-state index in [-0.39, 0.29) is 16.4 Å². The van der Waals surface area contributed by atoms with Gasteiger partial charge >= 0.3 is 5.97 Å². The van der Waals surface area contributed by atoms with Crippen LogP contribution in [0.4, 0.5) is 0 Å². The minimum Gasteiger partial charge on any atom is -0.476 e. The molecule has 2 aromatic heterocycles. The van der Waals surface area contributed by atoms with Crippen molar-refractivity contribution in [2.75, 3.05) is 6.54 Å². The van der Waals surface area contributed by atoms with E-state index in [1.807, 2.05) is 0 Å². The third-order valence-electron chi connectivity index (χ3n) is 2.33. The van der Waals surface area contributed by atoms with Crippen molar-refractivity contribution in [2.45, 2.75) is 10.8 Å². The van der Waals surface area contributed by atoms with Crippen molar-refractivity contribution in [3.05, 3.63) is 34.1 Å². The van der Waals surface area contributed by atoms with E-state index in [0.717, 1.165) is 15.1 Å². The number of carboxylic acid groups (broad SMARTS) is 1. The van der Waals surface area contributed by atoms with Gasteiger partial charge in [-0.3, -0.25) is 0 Å². The topological polar surface area (TPSA) is 101 Å². The standard InChI is InChI=1S/C10H10BrN3O4S2/c11-8-1-2-9(19-8)20(17,18)13-3-4-14-5-7(10(15)16)12-6-14/h1-2,5-6,13H,3-4H2,(H,15,16). The van der Waals surface area contributed by atoms with Crippen molar-refractivity contribution in [3.8, 4) is 0 Å². The van der Waals surface area contributed by atoms with Crippen molar-refractivity contribution in [1.82, 2.24) is 14.3 Å². The lowest BCUT2D eigenvalue weighted by atomic mass is 10.5. The fraction of sp³-hybridized carbons (Fsp3) is 0.200. The third kappa shape index (κ3) is 3.66. The van der Waals surface area contributed by atoms with Crippen molar-refractivity contribution in [3.63, 3.8) is 0 Å². The normalized spacial score (nSPS) is 11.7. The Morgan fingerprint density at radius 2 is 2.25 bits per heavy atom. The van der Waals surface area contributed by atoms with Gasteiger partial charge in [-0.05, 0) is 28.1 Å². The second-order valence-corrected chi connectivity index (χ2v) is 8.22. The molecule has 0 aliphatic heterocycles. The SMILES string of the molecule is O=C(O)c1cn(CCNS(=O)(=O)c2ccc(Br)s2)cn1. The molecular weight excluding hydrogens is 370 g/mol. The van der Waals surface area contributed by atoms with E-state index in [1.165, 1.54) is 23.2 Å². The van der Waals surface area contributed by atoms with Crippen LogP contribution in [0.25, 0.3) is 0 Å². The Balaban J connectivity index is 1.93. The maximum atomic E-state index is 11.9. The highest BCUT2D eigenvalue weighted by molar-refractivity contribution is 9.11. The molecular formula is C10H10BrN3O4S2. The van der Waals surface area contributed by atoms with Crippen LogP contribution in [0.2, 0.25) is 0 Å². The summed E-state index contributed by atoms with van der Waals surface area (Å²) < 4.78 is 28.7. The molecule has 0 atom stereocenters. The fourth-order valence-electron chi connectivity index (χ4n) is 1.42. The van der Waals surface area contributed by atoms with E-state index in [9.17, 15) is 13.2 Å². The maximum absolute atomic E-state index is 11.9. The van der Waals surface area contributed by atoms with E-state index in [4.69, 9.17) is 5.11 Å². The first-order chi connectivity index (χ1) is 9.38. The summed E-state index contributed by atoms with van der Waals surface area (Å²) in [5.74, 6) is -1.12. The summed E-state index contributed by atoms with van der Waals surface area (Å²) in [4.78, 5) is 14.3. The van der Waals surface area contributed by atoms with E-state index >= 15 is 0 Å². The van der Waals surface area contributed by atoms with Gasteiger partial charge in [0.2, 0.25) is 10.0 Å². The molecule has 0 fully saturated rings. The molecule has 2 N–H and O–H groups in total. The van der Waals surface area contributed by atoms with Crippen molar-refractivity contribution >= 4 is 43.3 Å². The summed E-state index contributed by atoms with van der Waals surface area (Å²) in [7, 11) is -3.53. The molecule has 0 aliphatic rings. The van der Waals surface area contributed by atoms with Gasteiger partial charge in [-0.1, -0.05) is 0 Å². The van der Waals surface area contributed by atoms with Crippen LogP contribution in [0.15, 0.2) is 32.7 Å². The largest absolute Gasteiger partial charge is 0.476 e. The Morgan fingerprint density at radius 1 is 1.50 bits per heavy atom. The van der Waals surface area contributed by atoms with Crippen LogP contribution in [0.1, 0.15) is 10.5 Å². The number of carbonyl (C=O) groups is 1. The van der Waals surface area contributed by atoms with Gasteiger partial charge in [0.25, 0.3) is 0 Å². The molecule has 7 nitrogen and oxygen atoms in total. The summed E-state index contributed by atoms with van der Waals surface area (Å²) in [6.07, 6.45) is 2.69. The molecule has 108 valence electrons. The van der Waals surface area contributed by atoms with Crippen LogP contribution in [0, 0.1) is 0 Å². The number of nitrogens with zero attached hydrogens (tertiary/aromatic N) is 2. The first-order valence-corrected chi connectivity index (χ1v) is 8.48. The van der Waals surface area contributed by atoms with Crippen molar-refractivity contribution in [2.24, 2.45) is 0 Å². The number of carboxylic acids is 1. The van der Waals surface area contributed by atoms with E-state index in [0.29, 0.717) is 6.54 Å². The molecule has 2 aromatic rings. The lowest BCUT2D eigenvalue weighted by Crippen LogP contribution is -2.26. The second-order valence-electron chi connectivity index (χ2n) is 3.76. The Labute approximate surface area is 127 Å². The highest BCUT2D eigenvalue weighted by Gasteiger charge is 2.15. The van der Waals surface area contributed by atoms with Gasteiger partial charge in [-0.15, -0.1) is 11.3 Å². The minimum absolute atomic E-state index is 0.0740. The number of rotatable bonds is 6. The van der Waals surface area contributed by atoms with Gasteiger partial charge in [0.05, 0.1) is 10.1 Å². The van der Waals surface area contributed by atoms with Crippen molar-refractivity contribution in [1.29, 1.82) is 0 Å². The number of hydrogen-bond donors (Lipinski definition) is 2. The molecule has 0 saturated heterocycles. The Morgan fingerprint density at radius 3 is 2.80 bits per heavy atom. The van der Waals surface area contributed by atoms with Gasteiger partial charge in [-0.2, -0.15) is 0 Å². The quantitative estimate of drug-likeness (QED) is 0.789. The minimum atomic E-state index is -3.53. The van der Waals surface area contributed by atoms with Crippen LogP contribution >= 0.6 is 27.3 Å². The molecule has 0 aromatic carbocycles. The average Bonchev–Trinajstić information content (AvgIpc) is 2.98. The third-order valence-corrected chi connectivity index (χ3v) is 5.90. The first-order valence-electron chi connectivity index (χ1n) is 5.38. The lowest BCUT2D eigenvalue weighted by molar-refractivity contribution is 0.0691. The smallest absolute Gasteiger partial charge is 0.356 e. The van der Waals surface area contributed by atoms with E-state index in [2.05, 4.69) is 25.6 Å². The number of hydrogen-bond acceptors (Lipinski definition) is 5. The molecule has 0 radical (unpaired) electrons. The van der Waals surface area contributed by atoms with Gasteiger partial charge in [0.15, 0.2) is 5.69 Å². The second kappa shape index (κ2) is 6.04. The molecule has 0 bridgehead atoms. The predicted octanol–water partition coefficient (Wildman–Crippen LogP) is 1.38.